The third-order valence-corrected chi connectivity index (χ3v) is 5.67. The van der Waals surface area contributed by atoms with Crippen molar-refractivity contribution in [3.05, 3.63) is 22.8 Å². The Hall–Kier alpha value is -0.560. The van der Waals surface area contributed by atoms with E-state index >= 15 is 0 Å². The lowest BCUT2D eigenvalue weighted by Gasteiger charge is -2.20. The van der Waals surface area contributed by atoms with Crippen LogP contribution in [0.5, 0.6) is 0 Å². The molecule has 1 nitrogen and oxygen atoms in total. The first-order chi connectivity index (χ1) is 11.6. The molecular formula is C23H43N. The maximum absolute atomic E-state index is 2.61. The number of allylic oxidation sites excluding steroid dienone is 4. The molecule has 1 rings (SSSR count). The summed E-state index contributed by atoms with van der Waals surface area (Å²) in [6.07, 6.45) is 16.2. The van der Waals surface area contributed by atoms with Crippen LogP contribution in [-0.2, 0) is 0 Å². The predicted octanol–water partition coefficient (Wildman–Crippen LogP) is 7.14. The Morgan fingerprint density at radius 1 is 1.08 bits per heavy atom. The number of unbranched alkanes of at least 4 members (excludes halogenated alkanes) is 1. The van der Waals surface area contributed by atoms with Crippen molar-refractivity contribution in [3.63, 3.8) is 0 Å². The average molecular weight is 334 g/mol. The maximum atomic E-state index is 2.61. The Morgan fingerprint density at radius 3 is 2.46 bits per heavy atom. The smallest absolute Gasteiger partial charge is 0.00189 e. The van der Waals surface area contributed by atoms with Crippen molar-refractivity contribution in [2.45, 2.75) is 98.8 Å². The summed E-state index contributed by atoms with van der Waals surface area (Å²) in [4.78, 5) is 2.61. The molecule has 1 aliphatic carbocycles. The van der Waals surface area contributed by atoms with Crippen molar-refractivity contribution in [2.75, 3.05) is 19.6 Å². The summed E-state index contributed by atoms with van der Waals surface area (Å²) in [6.45, 7) is 15.2. The highest BCUT2D eigenvalue weighted by Gasteiger charge is 2.14. The molecule has 1 unspecified atom stereocenters. The molecule has 1 heteroatoms. The molecule has 0 aromatic rings. The first-order valence-corrected chi connectivity index (χ1v) is 10.6. The Balaban J connectivity index is 2.35. The van der Waals surface area contributed by atoms with Gasteiger partial charge < -0.3 is 4.90 Å². The Bertz CT molecular complexity index is 387. The number of hydrogen-bond acceptors (Lipinski definition) is 1. The van der Waals surface area contributed by atoms with E-state index in [0.717, 1.165) is 5.92 Å². The van der Waals surface area contributed by atoms with E-state index in [1.165, 1.54) is 89.4 Å². The van der Waals surface area contributed by atoms with Gasteiger partial charge in [-0.2, -0.15) is 0 Å². The Kier molecular flexibility index (Phi) is 11.4. The zero-order chi connectivity index (χ0) is 17.8. The van der Waals surface area contributed by atoms with Crippen LogP contribution >= 0.6 is 0 Å². The van der Waals surface area contributed by atoms with Gasteiger partial charge in [0, 0.05) is 0 Å². The van der Waals surface area contributed by atoms with Gasteiger partial charge in [-0.1, -0.05) is 49.5 Å². The van der Waals surface area contributed by atoms with E-state index in [1.54, 1.807) is 11.1 Å². The molecule has 140 valence electrons. The van der Waals surface area contributed by atoms with E-state index in [4.69, 9.17) is 0 Å². The fraction of sp³-hybridized carbons (Fsp3) is 0.826. The van der Waals surface area contributed by atoms with Crippen LogP contribution in [0.3, 0.4) is 0 Å². The molecule has 0 N–H and O–H groups in total. The minimum absolute atomic E-state index is 0.891. The van der Waals surface area contributed by atoms with Crippen molar-refractivity contribution in [1.29, 1.82) is 0 Å². The van der Waals surface area contributed by atoms with Crippen LogP contribution in [0, 0.1) is 5.92 Å². The maximum Gasteiger partial charge on any atom is -0.00189 e. The SMILES string of the molecule is CCCN(CC)CCCCC(CC=C(C)C)CCC1=C(C)CCC1. The van der Waals surface area contributed by atoms with Gasteiger partial charge in [-0.05, 0) is 97.7 Å². The molecule has 0 bridgehead atoms. The van der Waals surface area contributed by atoms with Crippen LogP contribution < -0.4 is 0 Å². The van der Waals surface area contributed by atoms with Gasteiger partial charge in [0.2, 0.25) is 0 Å². The highest BCUT2D eigenvalue weighted by molar-refractivity contribution is 5.17. The van der Waals surface area contributed by atoms with Gasteiger partial charge in [-0.3, -0.25) is 0 Å². The summed E-state index contributed by atoms with van der Waals surface area (Å²) in [5, 5.41) is 0. The van der Waals surface area contributed by atoms with Gasteiger partial charge >= 0.3 is 0 Å². The van der Waals surface area contributed by atoms with Crippen molar-refractivity contribution >= 4 is 0 Å². The van der Waals surface area contributed by atoms with E-state index in [2.05, 4.69) is 45.6 Å². The quantitative estimate of drug-likeness (QED) is 0.256. The largest absolute Gasteiger partial charge is 0.304 e. The molecule has 1 atom stereocenters. The lowest BCUT2D eigenvalue weighted by molar-refractivity contribution is 0.277. The van der Waals surface area contributed by atoms with Crippen LogP contribution in [0.25, 0.3) is 0 Å². The third kappa shape index (κ3) is 9.06. The van der Waals surface area contributed by atoms with E-state index in [9.17, 15) is 0 Å². The molecule has 24 heavy (non-hydrogen) atoms. The van der Waals surface area contributed by atoms with Gasteiger partial charge in [0.05, 0.1) is 0 Å². The molecule has 0 saturated carbocycles. The summed E-state index contributed by atoms with van der Waals surface area (Å²) >= 11 is 0. The Morgan fingerprint density at radius 2 is 1.88 bits per heavy atom. The molecule has 0 heterocycles. The Labute approximate surface area is 152 Å². The van der Waals surface area contributed by atoms with E-state index in [0.29, 0.717) is 0 Å². The summed E-state index contributed by atoms with van der Waals surface area (Å²) in [5.74, 6) is 0.891. The van der Waals surface area contributed by atoms with Gasteiger partial charge in [-0.15, -0.1) is 0 Å². The standard InChI is InChI=1S/C23H43N/c1-6-18-24(7-2)19-9-8-12-22(15-14-20(3)4)16-17-23-13-10-11-21(23)5/h14,22H,6-13,15-19H2,1-5H3. The van der Waals surface area contributed by atoms with Crippen LogP contribution in [0.4, 0.5) is 0 Å². The fourth-order valence-corrected chi connectivity index (χ4v) is 3.97. The summed E-state index contributed by atoms with van der Waals surface area (Å²) in [7, 11) is 0. The molecule has 0 spiro atoms. The summed E-state index contributed by atoms with van der Waals surface area (Å²) < 4.78 is 0. The fourth-order valence-electron chi connectivity index (χ4n) is 3.97. The van der Waals surface area contributed by atoms with Crippen molar-refractivity contribution in [3.8, 4) is 0 Å². The van der Waals surface area contributed by atoms with E-state index < -0.39 is 0 Å². The molecule has 0 aromatic carbocycles. The van der Waals surface area contributed by atoms with Gasteiger partial charge in [0.15, 0.2) is 0 Å². The topological polar surface area (TPSA) is 3.24 Å². The summed E-state index contributed by atoms with van der Waals surface area (Å²) in [6, 6.07) is 0. The van der Waals surface area contributed by atoms with E-state index in [-0.39, 0.29) is 0 Å². The van der Waals surface area contributed by atoms with Crippen LogP contribution in [0.2, 0.25) is 0 Å². The zero-order valence-electron chi connectivity index (χ0n) is 17.3. The summed E-state index contributed by atoms with van der Waals surface area (Å²) in [5.41, 5.74) is 4.97. The molecule has 1 aliphatic rings. The first-order valence-electron chi connectivity index (χ1n) is 10.6. The zero-order valence-corrected chi connectivity index (χ0v) is 17.3. The minimum atomic E-state index is 0.891. The molecule has 0 saturated heterocycles. The van der Waals surface area contributed by atoms with Crippen LogP contribution in [0.15, 0.2) is 22.8 Å². The molecule has 0 radical (unpaired) electrons. The lowest BCUT2D eigenvalue weighted by atomic mass is 9.90. The van der Waals surface area contributed by atoms with Crippen molar-refractivity contribution < 1.29 is 0 Å². The number of rotatable bonds is 13. The minimum Gasteiger partial charge on any atom is -0.304 e. The second kappa shape index (κ2) is 12.8. The molecule has 0 fully saturated rings. The van der Waals surface area contributed by atoms with Gasteiger partial charge in [0.1, 0.15) is 0 Å². The monoisotopic (exact) mass is 333 g/mol. The first kappa shape index (κ1) is 21.5. The highest BCUT2D eigenvalue weighted by atomic mass is 15.1. The molecular weight excluding hydrogens is 290 g/mol. The molecule has 0 aromatic heterocycles. The van der Waals surface area contributed by atoms with Crippen LogP contribution in [0.1, 0.15) is 98.8 Å². The normalized spacial score (nSPS) is 16.1. The van der Waals surface area contributed by atoms with Gasteiger partial charge in [0.25, 0.3) is 0 Å². The highest BCUT2D eigenvalue weighted by Crippen LogP contribution is 2.31. The second-order valence-corrected chi connectivity index (χ2v) is 8.09. The molecule has 0 amide bonds. The van der Waals surface area contributed by atoms with E-state index in [1.807, 2.05) is 0 Å². The third-order valence-electron chi connectivity index (χ3n) is 5.67. The number of hydrogen-bond donors (Lipinski definition) is 0. The number of nitrogens with zero attached hydrogens (tertiary/aromatic N) is 1. The predicted molar refractivity (Wildman–Crippen MR) is 110 cm³/mol. The van der Waals surface area contributed by atoms with Crippen LogP contribution in [-0.4, -0.2) is 24.5 Å². The second-order valence-electron chi connectivity index (χ2n) is 8.09. The van der Waals surface area contributed by atoms with Crippen molar-refractivity contribution in [2.24, 2.45) is 5.92 Å². The average Bonchev–Trinajstić information content (AvgIpc) is 2.97. The molecule has 0 aliphatic heterocycles. The van der Waals surface area contributed by atoms with Gasteiger partial charge in [-0.25, -0.2) is 0 Å². The van der Waals surface area contributed by atoms with Crippen molar-refractivity contribution in [1.82, 2.24) is 4.90 Å². The lowest BCUT2D eigenvalue weighted by Crippen LogP contribution is -2.25.